The van der Waals surface area contributed by atoms with Crippen molar-refractivity contribution in [2.24, 2.45) is 5.92 Å². The minimum Gasteiger partial charge on any atom is -0.397 e. The quantitative estimate of drug-likeness (QED) is 0.389. The van der Waals surface area contributed by atoms with E-state index in [0.717, 1.165) is 56.3 Å². The molecule has 6 rings (SSSR count). The molecule has 0 radical (unpaired) electrons. The largest absolute Gasteiger partial charge is 0.418 e. The van der Waals surface area contributed by atoms with Crippen LogP contribution in [0.25, 0.3) is 0 Å². The molecule has 0 spiro atoms. The number of carbonyl (C=O) groups excluding carboxylic acids is 3. The molecule has 1 aromatic heterocycles. The molecule has 1 atom stereocenters. The van der Waals surface area contributed by atoms with Gasteiger partial charge < -0.3 is 30.7 Å². The molecule has 10 nitrogen and oxygen atoms in total. The minimum atomic E-state index is -4.66. The SMILES string of the molecule is CN1CCC(N2CCN(C(=O)[C@H](CC(=O)N3CCC(N4Cc5cscc5NC4=O)CC3)Cc3cc(Br)c(N)c(C(F)(F)F)c3)CC2)CC1. The monoisotopic (exact) mass is 753 g/mol. The third kappa shape index (κ3) is 7.79. The number of piperidine rings is 2. The van der Waals surface area contributed by atoms with Gasteiger partial charge in [-0.1, -0.05) is 0 Å². The Kier molecular flexibility index (Phi) is 10.6. The van der Waals surface area contributed by atoms with Gasteiger partial charge in [-0.25, -0.2) is 4.79 Å². The van der Waals surface area contributed by atoms with Gasteiger partial charge in [0, 0.05) is 73.2 Å². The van der Waals surface area contributed by atoms with Gasteiger partial charge in [-0.2, -0.15) is 13.2 Å². The summed E-state index contributed by atoms with van der Waals surface area (Å²) < 4.78 is 41.6. The van der Waals surface area contributed by atoms with Crippen molar-refractivity contribution in [1.82, 2.24) is 24.5 Å². The molecule has 0 bridgehead atoms. The van der Waals surface area contributed by atoms with Crippen molar-refractivity contribution in [3.63, 3.8) is 0 Å². The van der Waals surface area contributed by atoms with Gasteiger partial charge >= 0.3 is 12.2 Å². The topological polar surface area (TPSA) is 105 Å². The third-order valence-corrected chi connectivity index (χ3v) is 11.9. The second-order valence-electron chi connectivity index (χ2n) is 13.5. The smallest absolute Gasteiger partial charge is 0.397 e. The molecule has 0 aliphatic carbocycles. The number of hydrogen-bond acceptors (Lipinski definition) is 7. The Labute approximate surface area is 291 Å². The lowest BCUT2D eigenvalue weighted by Crippen LogP contribution is -2.55. The van der Waals surface area contributed by atoms with E-state index in [1.165, 1.54) is 6.07 Å². The summed E-state index contributed by atoms with van der Waals surface area (Å²) in [6, 6.07) is 2.83. The molecule has 262 valence electrons. The van der Waals surface area contributed by atoms with Crippen molar-refractivity contribution in [2.45, 2.75) is 63.3 Å². The summed E-state index contributed by atoms with van der Waals surface area (Å²) in [6.07, 6.45) is -1.40. The zero-order chi connectivity index (χ0) is 34.2. The third-order valence-electron chi connectivity index (χ3n) is 10.4. The Morgan fingerprint density at radius 1 is 0.979 bits per heavy atom. The summed E-state index contributed by atoms with van der Waals surface area (Å²) in [5, 5.41) is 6.90. The predicted molar refractivity (Wildman–Crippen MR) is 183 cm³/mol. The number of thiophene rings is 1. The summed E-state index contributed by atoms with van der Waals surface area (Å²) >= 11 is 4.71. The number of amides is 4. The van der Waals surface area contributed by atoms with Crippen molar-refractivity contribution >= 4 is 56.5 Å². The average Bonchev–Trinajstić information content (AvgIpc) is 3.52. The highest BCUT2D eigenvalue weighted by atomic mass is 79.9. The number of nitrogens with one attached hydrogen (secondary N) is 1. The lowest BCUT2D eigenvalue weighted by Gasteiger charge is -2.43. The predicted octanol–water partition coefficient (Wildman–Crippen LogP) is 4.94. The lowest BCUT2D eigenvalue weighted by atomic mass is 9.91. The highest BCUT2D eigenvalue weighted by Crippen LogP contribution is 2.39. The van der Waals surface area contributed by atoms with E-state index in [9.17, 15) is 27.6 Å². The van der Waals surface area contributed by atoms with Crippen molar-refractivity contribution in [2.75, 3.05) is 70.5 Å². The number of rotatable bonds is 7. The minimum absolute atomic E-state index is 0.0188. The summed E-state index contributed by atoms with van der Waals surface area (Å²) in [5.74, 6) is -1.24. The fourth-order valence-corrected chi connectivity index (χ4v) is 8.83. The van der Waals surface area contributed by atoms with Gasteiger partial charge in [0.25, 0.3) is 0 Å². The maximum Gasteiger partial charge on any atom is 0.418 e. The zero-order valence-electron chi connectivity index (χ0n) is 27.1. The van der Waals surface area contributed by atoms with E-state index < -0.39 is 23.3 Å². The van der Waals surface area contributed by atoms with Crippen LogP contribution in [0.3, 0.4) is 0 Å². The van der Waals surface area contributed by atoms with Gasteiger partial charge in [-0.3, -0.25) is 14.5 Å². The van der Waals surface area contributed by atoms with Gasteiger partial charge in [-0.05, 0) is 91.2 Å². The number of anilines is 2. The van der Waals surface area contributed by atoms with E-state index in [4.69, 9.17) is 5.73 Å². The van der Waals surface area contributed by atoms with E-state index in [2.05, 4.69) is 38.1 Å². The molecule has 3 fully saturated rings. The fourth-order valence-electron chi connectivity index (χ4n) is 7.54. The molecule has 15 heteroatoms. The normalized spacial score (nSPS) is 21.3. The van der Waals surface area contributed by atoms with E-state index in [-0.39, 0.29) is 41.2 Å². The fraction of sp³-hybridized carbons (Fsp3) is 0.606. The van der Waals surface area contributed by atoms with Crippen molar-refractivity contribution < 1.29 is 27.6 Å². The van der Waals surface area contributed by atoms with Gasteiger partial charge in [0.15, 0.2) is 0 Å². The summed E-state index contributed by atoms with van der Waals surface area (Å²) in [7, 11) is 2.13. The maximum absolute atomic E-state index is 14.1. The first-order chi connectivity index (χ1) is 22.9. The molecule has 3 saturated heterocycles. The Hall–Kier alpha value is -2.88. The van der Waals surface area contributed by atoms with Crippen LogP contribution in [0.15, 0.2) is 27.4 Å². The van der Waals surface area contributed by atoms with Crippen LogP contribution in [0.2, 0.25) is 0 Å². The number of fused-ring (bicyclic) bond motifs is 1. The molecule has 48 heavy (non-hydrogen) atoms. The standard InChI is InChI=1S/C33H43BrF3N7O3S/c1-40-6-2-24(3-7-40)41-10-12-43(13-11-41)31(46)22(14-21-15-26(33(35,36)37)30(38)27(34)16-21)17-29(45)42-8-4-25(5-9-42)44-18-23-19-48-20-28(23)39-32(44)47/h15-16,19-20,22,24-25H,2-14,17-18,38H2,1H3,(H,39,47)/t22-/m0/s1. The molecule has 0 saturated carbocycles. The Morgan fingerprint density at radius 2 is 1.65 bits per heavy atom. The molecule has 0 unspecified atom stereocenters. The lowest BCUT2D eigenvalue weighted by molar-refractivity contribution is -0.143. The van der Waals surface area contributed by atoms with Gasteiger partial charge in [-0.15, -0.1) is 11.3 Å². The van der Waals surface area contributed by atoms with Crippen molar-refractivity contribution in [3.05, 3.63) is 44.1 Å². The number of piperazine rings is 1. The average molecular weight is 755 g/mol. The molecule has 4 aliphatic heterocycles. The van der Waals surface area contributed by atoms with Gasteiger partial charge in [0.05, 0.1) is 29.4 Å². The molecule has 5 heterocycles. The number of benzene rings is 1. The number of halogens is 4. The summed E-state index contributed by atoms with van der Waals surface area (Å²) in [4.78, 5) is 50.7. The highest BCUT2D eigenvalue weighted by Gasteiger charge is 2.38. The Balaban J connectivity index is 1.13. The number of likely N-dealkylation sites (tertiary alicyclic amines) is 2. The summed E-state index contributed by atoms with van der Waals surface area (Å²) in [5.41, 5.74) is 6.61. The number of carbonyl (C=O) groups is 3. The van der Waals surface area contributed by atoms with Crippen molar-refractivity contribution in [3.8, 4) is 0 Å². The van der Waals surface area contributed by atoms with Crippen LogP contribution in [0.5, 0.6) is 0 Å². The second-order valence-corrected chi connectivity index (χ2v) is 15.1. The number of nitrogen functional groups attached to an aromatic ring is 1. The van der Waals surface area contributed by atoms with Crippen LogP contribution in [-0.2, 0) is 28.7 Å². The van der Waals surface area contributed by atoms with Crippen molar-refractivity contribution in [1.29, 1.82) is 0 Å². The van der Waals surface area contributed by atoms with Gasteiger partial charge in [0.1, 0.15) is 0 Å². The molecule has 1 aromatic carbocycles. The van der Waals surface area contributed by atoms with E-state index in [0.29, 0.717) is 57.2 Å². The molecular formula is C33H43BrF3N7O3S. The first kappa shape index (κ1) is 35.0. The van der Waals surface area contributed by atoms with Gasteiger partial charge in [0.2, 0.25) is 11.8 Å². The van der Waals surface area contributed by atoms with Crippen LogP contribution >= 0.6 is 27.3 Å². The maximum atomic E-state index is 14.1. The molecule has 3 N–H and O–H groups in total. The molecule has 4 aliphatic rings. The zero-order valence-corrected chi connectivity index (χ0v) is 29.5. The highest BCUT2D eigenvalue weighted by molar-refractivity contribution is 9.10. The Bertz CT molecular complexity index is 1500. The second kappa shape index (κ2) is 14.5. The number of nitrogens with zero attached hydrogens (tertiary/aromatic N) is 5. The van der Waals surface area contributed by atoms with Crippen LogP contribution in [-0.4, -0.2) is 114 Å². The number of hydrogen-bond donors (Lipinski definition) is 2. The first-order valence-electron chi connectivity index (χ1n) is 16.6. The van der Waals surface area contributed by atoms with Crippen LogP contribution < -0.4 is 11.1 Å². The first-order valence-corrected chi connectivity index (χ1v) is 18.4. The van der Waals surface area contributed by atoms with E-state index >= 15 is 0 Å². The molecule has 4 amide bonds. The van der Waals surface area contributed by atoms with E-state index in [1.807, 2.05) is 15.7 Å². The van der Waals surface area contributed by atoms with Crippen LogP contribution in [0, 0.1) is 5.92 Å². The number of alkyl halides is 3. The number of urea groups is 1. The molecular weight excluding hydrogens is 711 g/mol. The Morgan fingerprint density at radius 3 is 2.31 bits per heavy atom. The van der Waals surface area contributed by atoms with E-state index in [1.54, 1.807) is 21.1 Å². The number of nitrogens with two attached hydrogens (primary N) is 1. The summed E-state index contributed by atoms with van der Waals surface area (Å²) in [6.45, 7) is 5.99. The van der Waals surface area contributed by atoms with Crippen LogP contribution in [0.1, 0.15) is 48.8 Å². The molecule has 2 aromatic rings. The van der Waals surface area contributed by atoms with Crippen LogP contribution in [0.4, 0.5) is 29.3 Å².